The average molecular weight is 369 g/mol. The number of hydrogen-bond donors (Lipinski definition) is 1. The summed E-state index contributed by atoms with van der Waals surface area (Å²) < 4.78 is 29.5. The number of alkyl halides is 2. The number of hydrogen-bond acceptors (Lipinski definition) is 4. The van der Waals surface area contributed by atoms with Crippen molar-refractivity contribution in [1.29, 1.82) is 0 Å². The van der Waals surface area contributed by atoms with Gasteiger partial charge in [0.25, 0.3) is 6.43 Å². The van der Waals surface area contributed by atoms with Gasteiger partial charge in [-0.3, -0.25) is 0 Å². The predicted octanol–water partition coefficient (Wildman–Crippen LogP) is 2.37. The number of anilines is 1. The molecule has 1 aliphatic carbocycles. The molecule has 0 atom stereocenters. The Bertz CT molecular complexity index is 427. The normalized spacial score (nSPS) is 15.3. The lowest BCUT2D eigenvalue weighted by Crippen LogP contribution is -2.11. The third kappa shape index (κ3) is 3.71. The summed E-state index contributed by atoms with van der Waals surface area (Å²) >= 11 is 2.15. The number of nitrogens with zero attached hydrogens (tertiary/aromatic N) is 2. The van der Waals surface area contributed by atoms with E-state index in [-0.39, 0.29) is 6.61 Å². The van der Waals surface area contributed by atoms with Gasteiger partial charge in [0.15, 0.2) is 0 Å². The van der Waals surface area contributed by atoms with Crippen LogP contribution in [-0.4, -0.2) is 29.6 Å². The third-order valence-electron chi connectivity index (χ3n) is 2.63. The first-order valence-corrected chi connectivity index (χ1v) is 6.83. The minimum absolute atomic E-state index is 0.189. The molecule has 0 unspecified atom stereocenters. The number of ether oxygens (including phenoxy) is 1. The van der Waals surface area contributed by atoms with Gasteiger partial charge >= 0.3 is 0 Å². The first-order valence-electron chi connectivity index (χ1n) is 5.75. The second-order valence-corrected chi connectivity index (χ2v) is 5.29. The van der Waals surface area contributed by atoms with Crippen LogP contribution in [0.3, 0.4) is 0 Å². The van der Waals surface area contributed by atoms with Gasteiger partial charge in [0.2, 0.25) is 0 Å². The van der Waals surface area contributed by atoms with Crippen LogP contribution in [0.1, 0.15) is 30.3 Å². The van der Waals surface area contributed by atoms with E-state index in [2.05, 4.69) is 32.6 Å². The summed E-state index contributed by atoms with van der Waals surface area (Å²) in [6.07, 6.45) is 0.240. The molecule has 0 saturated heterocycles. The highest BCUT2D eigenvalue weighted by atomic mass is 127. The van der Waals surface area contributed by atoms with Crippen LogP contribution in [-0.2, 0) is 11.2 Å². The molecule has 18 heavy (non-hydrogen) atoms. The Labute approximate surface area is 117 Å². The van der Waals surface area contributed by atoms with Crippen LogP contribution in [0.15, 0.2) is 0 Å². The summed E-state index contributed by atoms with van der Waals surface area (Å²) in [5, 5.41) is 0. The van der Waals surface area contributed by atoms with Gasteiger partial charge in [0.1, 0.15) is 18.2 Å². The molecule has 7 heteroatoms. The second-order valence-electron chi connectivity index (χ2n) is 4.21. The molecule has 1 aromatic rings. The second kappa shape index (κ2) is 6.05. The van der Waals surface area contributed by atoms with Crippen molar-refractivity contribution in [2.75, 3.05) is 18.9 Å². The largest absolute Gasteiger partial charge is 0.383 e. The maximum absolute atomic E-state index is 11.9. The Morgan fingerprint density at radius 1 is 1.39 bits per heavy atom. The molecule has 1 saturated carbocycles. The molecule has 0 amide bonds. The molecule has 1 heterocycles. The molecule has 1 aliphatic rings. The zero-order chi connectivity index (χ0) is 13.1. The van der Waals surface area contributed by atoms with Gasteiger partial charge < -0.3 is 10.5 Å². The SMILES string of the molecule is Nc1nc(CCOCC(F)F)nc(C2CC2)c1I. The van der Waals surface area contributed by atoms with Gasteiger partial charge in [-0.25, -0.2) is 18.7 Å². The van der Waals surface area contributed by atoms with Crippen molar-refractivity contribution in [1.82, 2.24) is 9.97 Å². The lowest BCUT2D eigenvalue weighted by molar-refractivity contribution is 0.0183. The number of nitrogens with two attached hydrogens (primary N) is 1. The Balaban J connectivity index is 1.96. The van der Waals surface area contributed by atoms with Gasteiger partial charge in [-0.1, -0.05) is 0 Å². The van der Waals surface area contributed by atoms with Crippen molar-refractivity contribution in [2.24, 2.45) is 0 Å². The molecule has 0 aliphatic heterocycles. The highest BCUT2D eigenvalue weighted by molar-refractivity contribution is 14.1. The number of halogens is 3. The van der Waals surface area contributed by atoms with Crippen LogP contribution in [0.5, 0.6) is 0 Å². The fraction of sp³-hybridized carbons (Fsp3) is 0.636. The standard InChI is InChI=1S/C11H14F2IN3O/c12-7(13)5-18-4-3-8-16-10(6-1-2-6)9(14)11(15)17-8/h6-7H,1-5H2,(H2,15,16,17). The van der Waals surface area contributed by atoms with Crippen molar-refractivity contribution in [3.8, 4) is 0 Å². The van der Waals surface area contributed by atoms with E-state index in [1.807, 2.05) is 0 Å². The van der Waals surface area contributed by atoms with Crippen LogP contribution in [0, 0.1) is 3.57 Å². The molecule has 2 N–H and O–H groups in total. The Kier molecular flexibility index (Phi) is 4.66. The lowest BCUT2D eigenvalue weighted by Gasteiger charge is -2.08. The molecule has 1 aromatic heterocycles. The molecule has 0 aromatic carbocycles. The molecule has 2 rings (SSSR count). The highest BCUT2D eigenvalue weighted by Crippen LogP contribution is 2.41. The van der Waals surface area contributed by atoms with Gasteiger partial charge in [-0.2, -0.15) is 0 Å². The Morgan fingerprint density at radius 2 is 2.11 bits per heavy atom. The molecule has 4 nitrogen and oxygen atoms in total. The maximum atomic E-state index is 11.9. The van der Waals surface area contributed by atoms with Gasteiger partial charge in [-0.05, 0) is 35.4 Å². The van der Waals surface area contributed by atoms with Gasteiger partial charge in [0.05, 0.1) is 15.9 Å². The van der Waals surface area contributed by atoms with E-state index in [0.29, 0.717) is 24.0 Å². The zero-order valence-corrected chi connectivity index (χ0v) is 11.9. The Morgan fingerprint density at radius 3 is 2.72 bits per heavy atom. The van der Waals surface area contributed by atoms with Crippen LogP contribution in [0.4, 0.5) is 14.6 Å². The first kappa shape index (κ1) is 13.9. The van der Waals surface area contributed by atoms with E-state index < -0.39 is 13.0 Å². The molecule has 0 radical (unpaired) electrons. The van der Waals surface area contributed by atoms with E-state index >= 15 is 0 Å². The molecular weight excluding hydrogens is 355 g/mol. The van der Waals surface area contributed by atoms with Crippen molar-refractivity contribution in [3.63, 3.8) is 0 Å². The van der Waals surface area contributed by atoms with Crippen LogP contribution >= 0.6 is 22.6 Å². The maximum Gasteiger partial charge on any atom is 0.261 e. The van der Waals surface area contributed by atoms with Crippen LogP contribution in [0.2, 0.25) is 0 Å². The van der Waals surface area contributed by atoms with E-state index in [1.54, 1.807) is 0 Å². The minimum atomic E-state index is -2.44. The quantitative estimate of drug-likeness (QED) is 0.618. The third-order valence-corrected chi connectivity index (χ3v) is 3.73. The van der Waals surface area contributed by atoms with Crippen molar-refractivity contribution >= 4 is 28.4 Å². The highest BCUT2D eigenvalue weighted by Gasteiger charge is 2.28. The van der Waals surface area contributed by atoms with E-state index in [0.717, 1.165) is 22.1 Å². The summed E-state index contributed by atoms with van der Waals surface area (Å²) in [5.41, 5.74) is 6.81. The summed E-state index contributed by atoms with van der Waals surface area (Å²) in [5.74, 6) is 1.53. The lowest BCUT2D eigenvalue weighted by atomic mass is 10.2. The number of nitrogen functional groups attached to an aromatic ring is 1. The molecule has 100 valence electrons. The molecule has 0 spiro atoms. The Hall–Kier alpha value is -0.570. The van der Waals surface area contributed by atoms with Crippen molar-refractivity contribution in [3.05, 3.63) is 15.1 Å². The summed E-state index contributed by atoms with van der Waals surface area (Å²) in [7, 11) is 0. The van der Waals surface area contributed by atoms with Crippen LogP contribution < -0.4 is 5.73 Å². The number of rotatable bonds is 6. The summed E-state index contributed by atoms with van der Waals surface area (Å²) in [4.78, 5) is 8.60. The molecular formula is C11H14F2IN3O. The van der Waals surface area contributed by atoms with Crippen LogP contribution in [0.25, 0.3) is 0 Å². The van der Waals surface area contributed by atoms with E-state index in [1.165, 1.54) is 0 Å². The summed E-state index contributed by atoms with van der Waals surface area (Å²) in [6, 6.07) is 0. The first-order chi connectivity index (χ1) is 8.58. The van der Waals surface area contributed by atoms with E-state index in [9.17, 15) is 8.78 Å². The van der Waals surface area contributed by atoms with Crippen molar-refractivity contribution in [2.45, 2.75) is 31.6 Å². The smallest absolute Gasteiger partial charge is 0.261 e. The monoisotopic (exact) mass is 369 g/mol. The summed E-state index contributed by atoms with van der Waals surface area (Å²) in [6.45, 7) is -0.357. The minimum Gasteiger partial charge on any atom is -0.383 e. The van der Waals surface area contributed by atoms with Gasteiger partial charge in [0, 0.05) is 12.3 Å². The van der Waals surface area contributed by atoms with Gasteiger partial charge in [-0.15, -0.1) is 0 Å². The predicted molar refractivity (Wildman–Crippen MR) is 71.7 cm³/mol. The molecule has 0 bridgehead atoms. The van der Waals surface area contributed by atoms with Crippen molar-refractivity contribution < 1.29 is 13.5 Å². The topological polar surface area (TPSA) is 61.0 Å². The van der Waals surface area contributed by atoms with E-state index in [4.69, 9.17) is 10.5 Å². The number of aromatic nitrogens is 2. The average Bonchev–Trinajstić information content (AvgIpc) is 3.12. The fourth-order valence-corrected chi connectivity index (χ4v) is 2.29. The zero-order valence-electron chi connectivity index (χ0n) is 9.70. The fourth-order valence-electron chi connectivity index (χ4n) is 1.61. The molecule has 1 fully saturated rings.